The van der Waals surface area contributed by atoms with Gasteiger partial charge in [-0.3, -0.25) is 9.48 Å². The number of hydrogen-bond donors (Lipinski definition) is 1. The first-order chi connectivity index (χ1) is 7.22. The Hall–Kier alpha value is -1.83. The maximum absolute atomic E-state index is 10.8. The largest absolute Gasteiger partial charge is 0.481 e. The van der Waals surface area contributed by atoms with Gasteiger partial charge in [-0.05, 0) is 25.3 Å². The number of hydrogen-bond acceptors (Lipinski definition) is 3. The molecule has 5 nitrogen and oxygen atoms in total. The number of nitrogens with zero attached hydrogens (tertiary/aromatic N) is 3. The van der Waals surface area contributed by atoms with Crippen molar-refractivity contribution in [2.24, 2.45) is 5.92 Å². The predicted molar refractivity (Wildman–Crippen MR) is 51.0 cm³/mol. The predicted octanol–water partition coefficient (Wildman–Crippen LogP) is 1.18. The van der Waals surface area contributed by atoms with Crippen molar-refractivity contribution in [3.8, 4) is 6.07 Å². The molecule has 78 valence electrons. The number of nitriles is 1. The van der Waals surface area contributed by atoms with E-state index in [1.807, 2.05) is 6.07 Å². The third-order valence-electron chi connectivity index (χ3n) is 2.88. The molecular formula is C10H11N3O2. The molecule has 1 N–H and O–H groups in total. The lowest BCUT2D eigenvalue weighted by atomic mass is 10.1. The summed E-state index contributed by atoms with van der Waals surface area (Å²) in [5.41, 5.74) is 0.506. The molecule has 1 aliphatic carbocycles. The molecule has 1 saturated carbocycles. The molecule has 1 heterocycles. The monoisotopic (exact) mass is 205 g/mol. The molecule has 1 aromatic heterocycles. The van der Waals surface area contributed by atoms with Crippen molar-refractivity contribution >= 4 is 5.97 Å². The maximum Gasteiger partial charge on any atom is 0.306 e. The van der Waals surface area contributed by atoms with E-state index in [9.17, 15) is 4.79 Å². The minimum atomic E-state index is -0.747. The van der Waals surface area contributed by atoms with Gasteiger partial charge >= 0.3 is 5.97 Å². The summed E-state index contributed by atoms with van der Waals surface area (Å²) in [6.07, 6.45) is 3.61. The van der Waals surface area contributed by atoms with Crippen molar-refractivity contribution in [3.63, 3.8) is 0 Å². The molecule has 0 spiro atoms. The van der Waals surface area contributed by atoms with E-state index in [-0.39, 0.29) is 12.0 Å². The van der Waals surface area contributed by atoms with Crippen LogP contribution in [0.4, 0.5) is 0 Å². The zero-order valence-corrected chi connectivity index (χ0v) is 8.13. The van der Waals surface area contributed by atoms with Crippen LogP contribution in [0.2, 0.25) is 0 Å². The van der Waals surface area contributed by atoms with Crippen molar-refractivity contribution in [3.05, 3.63) is 18.0 Å². The first-order valence-corrected chi connectivity index (χ1v) is 4.89. The Morgan fingerprint density at radius 2 is 2.47 bits per heavy atom. The number of carboxylic acids is 1. The van der Waals surface area contributed by atoms with Gasteiger partial charge < -0.3 is 5.11 Å². The molecule has 0 amide bonds. The Morgan fingerprint density at radius 3 is 3.07 bits per heavy atom. The third-order valence-corrected chi connectivity index (χ3v) is 2.88. The van der Waals surface area contributed by atoms with E-state index < -0.39 is 5.97 Å². The lowest BCUT2D eigenvalue weighted by molar-refractivity contribution is -0.141. The summed E-state index contributed by atoms with van der Waals surface area (Å²) in [6.45, 7) is 0. The van der Waals surface area contributed by atoms with Gasteiger partial charge in [-0.2, -0.15) is 10.4 Å². The number of aliphatic carboxylic acids is 1. The summed E-state index contributed by atoms with van der Waals surface area (Å²) in [5.74, 6) is -1.03. The van der Waals surface area contributed by atoms with Crippen LogP contribution in [0.25, 0.3) is 0 Å². The molecule has 0 saturated heterocycles. The van der Waals surface area contributed by atoms with Crippen LogP contribution in [-0.2, 0) is 4.79 Å². The van der Waals surface area contributed by atoms with Gasteiger partial charge in [0.1, 0.15) is 11.8 Å². The van der Waals surface area contributed by atoms with E-state index in [0.29, 0.717) is 18.5 Å². The first-order valence-electron chi connectivity index (χ1n) is 4.89. The Kier molecular flexibility index (Phi) is 2.42. The van der Waals surface area contributed by atoms with Crippen LogP contribution >= 0.6 is 0 Å². The summed E-state index contributed by atoms with van der Waals surface area (Å²) in [6, 6.07) is 3.76. The molecule has 1 aliphatic rings. The highest BCUT2D eigenvalue weighted by atomic mass is 16.4. The van der Waals surface area contributed by atoms with Gasteiger partial charge in [0.25, 0.3) is 0 Å². The second-order valence-electron chi connectivity index (χ2n) is 3.77. The topological polar surface area (TPSA) is 78.9 Å². The number of carboxylic acid groups (broad SMARTS) is 1. The van der Waals surface area contributed by atoms with Crippen LogP contribution in [0.3, 0.4) is 0 Å². The molecule has 5 heteroatoms. The van der Waals surface area contributed by atoms with Gasteiger partial charge in [-0.15, -0.1) is 0 Å². The molecule has 1 aromatic rings. The molecule has 0 radical (unpaired) electrons. The van der Waals surface area contributed by atoms with E-state index in [1.165, 1.54) is 0 Å². The van der Waals surface area contributed by atoms with Crippen molar-refractivity contribution in [1.29, 1.82) is 5.26 Å². The molecule has 0 bridgehead atoms. The second-order valence-corrected chi connectivity index (χ2v) is 3.77. The average Bonchev–Trinajstić information content (AvgIpc) is 2.85. The van der Waals surface area contributed by atoms with Crippen LogP contribution in [-0.4, -0.2) is 20.9 Å². The second kappa shape index (κ2) is 3.73. The molecule has 2 rings (SSSR count). The number of rotatable bonds is 2. The summed E-state index contributed by atoms with van der Waals surface area (Å²) in [5, 5.41) is 21.7. The molecule has 0 aromatic carbocycles. The van der Waals surface area contributed by atoms with Crippen LogP contribution < -0.4 is 0 Å². The minimum absolute atomic E-state index is 0.0655. The standard InChI is InChI=1S/C10H11N3O2/c11-6-9-3-4-12-13(9)8-2-1-7(5-8)10(14)15/h3-4,7-8H,1-2,5H2,(H,14,15). The zero-order chi connectivity index (χ0) is 10.8. The first kappa shape index (κ1) is 9.71. The summed E-state index contributed by atoms with van der Waals surface area (Å²) >= 11 is 0. The fourth-order valence-electron chi connectivity index (χ4n) is 2.10. The fraction of sp³-hybridized carbons (Fsp3) is 0.500. The summed E-state index contributed by atoms with van der Waals surface area (Å²) < 4.78 is 1.64. The molecule has 2 unspecified atom stereocenters. The molecule has 1 fully saturated rings. The smallest absolute Gasteiger partial charge is 0.306 e. The van der Waals surface area contributed by atoms with E-state index >= 15 is 0 Å². The van der Waals surface area contributed by atoms with E-state index in [2.05, 4.69) is 5.10 Å². The molecular weight excluding hydrogens is 194 g/mol. The quantitative estimate of drug-likeness (QED) is 0.786. The molecule has 15 heavy (non-hydrogen) atoms. The Balaban J connectivity index is 2.15. The van der Waals surface area contributed by atoms with Crippen LogP contribution in [0, 0.1) is 17.2 Å². The van der Waals surface area contributed by atoms with Gasteiger partial charge in [0, 0.05) is 0 Å². The van der Waals surface area contributed by atoms with Crippen molar-refractivity contribution in [2.75, 3.05) is 0 Å². The van der Waals surface area contributed by atoms with Gasteiger partial charge in [-0.1, -0.05) is 0 Å². The summed E-state index contributed by atoms with van der Waals surface area (Å²) in [4.78, 5) is 10.8. The molecule has 2 atom stereocenters. The van der Waals surface area contributed by atoms with Crippen LogP contribution in [0.1, 0.15) is 31.0 Å². The van der Waals surface area contributed by atoms with Crippen molar-refractivity contribution in [2.45, 2.75) is 25.3 Å². The minimum Gasteiger partial charge on any atom is -0.481 e. The summed E-state index contributed by atoms with van der Waals surface area (Å²) in [7, 11) is 0. The fourth-order valence-corrected chi connectivity index (χ4v) is 2.10. The Labute approximate surface area is 86.9 Å². The highest BCUT2D eigenvalue weighted by Crippen LogP contribution is 2.34. The Morgan fingerprint density at radius 1 is 1.67 bits per heavy atom. The van der Waals surface area contributed by atoms with Gasteiger partial charge in [0.2, 0.25) is 0 Å². The zero-order valence-electron chi connectivity index (χ0n) is 8.13. The van der Waals surface area contributed by atoms with E-state index in [4.69, 9.17) is 10.4 Å². The SMILES string of the molecule is N#Cc1ccnn1C1CCC(C(=O)O)C1. The van der Waals surface area contributed by atoms with E-state index in [1.54, 1.807) is 16.9 Å². The maximum atomic E-state index is 10.8. The van der Waals surface area contributed by atoms with Gasteiger partial charge in [0.05, 0.1) is 18.2 Å². The average molecular weight is 205 g/mol. The number of aromatic nitrogens is 2. The van der Waals surface area contributed by atoms with E-state index in [0.717, 1.165) is 6.42 Å². The normalized spacial score (nSPS) is 25.0. The third kappa shape index (κ3) is 1.71. The van der Waals surface area contributed by atoms with Crippen molar-refractivity contribution in [1.82, 2.24) is 9.78 Å². The van der Waals surface area contributed by atoms with Gasteiger partial charge in [-0.25, -0.2) is 0 Å². The van der Waals surface area contributed by atoms with Crippen LogP contribution in [0.5, 0.6) is 0 Å². The lowest BCUT2D eigenvalue weighted by Crippen LogP contribution is -2.13. The van der Waals surface area contributed by atoms with Gasteiger partial charge in [0.15, 0.2) is 0 Å². The Bertz CT molecular complexity index is 419. The van der Waals surface area contributed by atoms with Crippen LogP contribution in [0.15, 0.2) is 12.3 Å². The highest BCUT2D eigenvalue weighted by Gasteiger charge is 2.31. The molecule has 0 aliphatic heterocycles. The van der Waals surface area contributed by atoms with Crippen molar-refractivity contribution < 1.29 is 9.90 Å². The lowest BCUT2D eigenvalue weighted by Gasteiger charge is -2.10. The highest BCUT2D eigenvalue weighted by molar-refractivity contribution is 5.70. The number of carbonyl (C=O) groups is 1.